The first-order valence-corrected chi connectivity index (χ1v) is 9.90. The maximum absolute atomic E-state index is 11.1. The van der Waals surface area contributed by atoms with Crippen molar-refractivity contribution < 1.29 is 14.4 Å². The van der Waals surface area contributed by atoms with Crippen LogP contribution in [0.15, 0.2) is 28.8 Å². The molecule has 27 heavy (non-hydrogen) atoms. The number of hydrogen-bond acceptors (Lipinski definition) is 3. The third kappa shape index (κ3) is 3.85. The highest BCUT2D eigenvalue weighted by atomic mass is 35.5. The standard InChI is InChI=1S/C20H20Cl2N2O3/c21-15-2-1-3-16(22)17(15)18-14(19(27-23-18)13-5-6-13)7-4-12-8-10-24(11-9-12)20(25)26/h1-4,7,12-13H,5-6,8-11H2,(H,25,26)/b7-4-. The highest BCUT2D eigenvalue weighted by Crippen LogP contribution is 2.46. The van der Waals surface area contributed by atoms with Crippen molar-refractivity contribution in [1.29, 1.82) is 0 Å². The molecular weight excluding hydrogens is 387 g/mol. The first kappa shape index (κ1) is 18.4. The number of allylic oxidation sites excluding steroid dienone is 1. The maximum Gasteiger partial charge on any atom is 0.407 e. The van der Waals surface area contributed by atoms with E-state index in [4.69, 9.17) is 32.8 Å². The van der Waals surface area contributed by atoms with Crippen LogP contribution in [0.25, 0.3) is 17.3 Å². The van der Waals surface area contributed by atoms with Crippen LogP contribution in [0.4, 0.5) is 4.79 Å². The van der Waals surface area contributed by atoms with Crippen LogP contribution < -0.4 is 0 Å². The van der Waals surface area contributed by atoms with Crippen molar-refractivity contribution in [2.24, 2.45) is 5.92 Å². The molecule has 1 aliphatic heterocycles. The van der Waals surface area contributed by atoms with E-state index in [9.17, 15) is 4.79 Å². The van der Waals surface area contributed by atoms with Crippen molar-refractivity contribution in [3.05, 3.63) is 45.6 Å². The molecule has 1 amide bonds. The van der Waals surface area contributed by atoms with E-state index in [1.165, 1.54) is 4.90 Å². The molecule has 1 saturated heterocycles. The van der Waals surface area contributed by atoms with Crippen molar-refractivity contribution in [2.75, 3.05) is 13.1 Å². The third-order valence-electron chi connectivity index (χ3n) is 5.25. The van der Waals surface area contributed by atoms with Gasteiger partial charge >= 0.3 is 6.09 Å². The molecule has 2 heterocycles. The zero-order valence-corrected chi connectivity index (χ0v) is 16.2. The fourth-order valence-electron chi connectivity index (χ4n) is 3.53. The first-order valence-electron chi connectivity index (χ1n) is 9.14. The molecule has 0 unspecified atom stereocenters. The summed E-state index contributed by atoms with van der Waals surface area (Å²) in [7, 11) is 0. The van der Waals surface area contributed by atoms with E-state index in [-0.39, 0.29) is 0 Å². The number of piperidine rings is 1. The van der Waals surface area contributed by atoms with Gasteiger partial charge in [0.15, 0.2) is 0 Å². The Bertz CT molecular complexity index is 861. The summed E-state index contributed by atoms with van der Waals surface area (Å²) in [6, 6.07) is 5.40. The summed E-state index contributed by atoms with van der Waals surface area (Å²) in [5, 5.41) is 14.5. The summed E-state index contributed by atoms with van der Waals surface area (Å²) < 4.78 is 5.67. The number of aromatic nitrogens is 1. The molecule has 0 spiro atoms. The van der Waals surface area contributed by atoms with Crippen molar-refractivity contribution in [2.45, 2.75) is 31.6 Å². The highest BCUT2D eigenvalue weighted by molar-refractivity contribution is 6.39. The number of hydrogen-bond donors (Lipinski definition) is 1. The Morgan fingerprint density at radius 1 is 1.19 bits per heavy atom. The number of carboxylic acid groups (broad SMARTS) is 1. The van der Waals surface area contributed by atoms with Crippen LogP contribution in [0.5, 0.6) is 0 Å². The van der Waals surface area contributed by atoms with Crippen LogP contribution in [0, 0.1) is 5.92 Å². The van der Waals surface area contributed by atoms with Gasteiger partial charge in [-0.15, -0.1) is 0 Å². The Balaban J connectivity index is 1.62. The molecule has 1 aromatic carbocycles. The fraction of sp³-hybridized carbons (Fsp3) is 0.400. The monoisotopic (exact) mass is 406 g/mol. The van der Waals surface area contributed by atoms with Crippen LogP contribution in [0.1, 0.15) is 42.9 Å². The van der Waals surface area contributed by atoms with E-state index in [0.29, 0.717) is 46.2 Å². The normalized spacial score (nSPS) is 18.4. The van der Waals surface area contributed by atoms with E-state index in [1.807, 2.05) is 6.07 Å². The van der Waals surface area contributed by atoms with Gasteiger partial charge in [-0.2, -0.15) is 0 Å². The molecular formula is C20H20Cl2N2O3. The molecule has 4 rings (SSSR count). The van der Waals surface area contributed by atoms with Crippen molar-refractivity contribution >= 4 is 35.4 Å². The SMILES string of the molecule is O=C(O)N1CCC(/C=C\c2c(-c3c(Cl)cccc3Cl)noc2C2CC2)CC1. The fourth-order valence-corrected chi connectivity index (χ4v) is 4.11. The minimum absolute atomic E-state index is 0.331. The average Bonchev–Trinajstić information content (AvgIpc) is 3.41. The van der Waals surface area contributed by atoms with E-state index in [2.05, 4.69) is 17.3 Å². The summed E-state index contributed by atoms with van der Waals surface area (Å²) >= 11 is 12.8. The molecule has 0 radical (unpaired) electrons. The van der Waals surface area contributed by atoms with Crippen LogP contribution in [-0.2, 0) is 0 Å². The lowest BCUT2D eigenvalue weighted by Crippen LogP contribution is -2.36. The Kier molecular flexibility index (Phi) is 5.15. The predicted octanol–water partition coefficient (Wildman–Crippen LogP) is 5.93. The lowest BCUT2D eigenvalue weighted by molar-refractivity contribution is 0.129. The quantitative estimate of drug-likeness (QED) is 0.682. The van der Waals surface area contributed by atoms with Crippen LogP contribution >= 0.6 is 23.2 Å². The number of rotatable bonds is 4. The van der Waals surface area contributed by atoms with Crippen LogP contribution in [0.3, 0.4) is 0 Å². The second-order valence-electron chi connectivity index (χ2n) is 7.15. The van der Waals surface area contributed by atoms with Crippen molar-refractivity contribution in [1.82, 2.24) is 10.1 Å². The van der Waals surface area contributed by atoms with Gasteiger partial charge in [0, 0.05) is 30.1 Å². The van der Waals surface area contributed by atoms with Gasteiger partial charge in [0.05, 0.1) is 10.0 Å². The highest BCUT2D eigenvalue weighted by Gasteiger charge is 2.32. The Hall–Kier alpha value is -1.98. The minimum atomic E-state index is -0.844. The molecule has 2 aromatic rings. The summed E-state index contributed by atoms with van der Waals surface area (Å²) in [6.45, 7) is 1.12. The molecule has 142 valence electrons. The summed E-state index contributed by atoms with van der Waals surface area (Å²) in [5.41, 5.74) is 2.30. The molecule has 0 bridgehead atoms. The molecule has 7 heteroatoms. The lowest BCUT2D eigenvalue weighted by atomic mass is 9.94. The Morgan fingerprint density at radius 3 is 2.44 bits per heavy atom. The van der Waals surface area contributed by atoms with Gasteiger partial charge in [0.2, 0.25) is 0 Å². The summed E-state index contributed by atoms with van der Waals surface area (Å²) in [4.78, 5) is 12.5. The Labute approximate surface area is 167 Å². The van der Waals surface area contributed by atoms with Gasteiger partial charge in [0.25, 0.3) is 0 Å². The second kappa shape index (κ2) is 7.56. The van der Waals surface area contributed by atoms with E-state index in [1.54, 1.807) is 12.1 Å². The van der Waals surface area contributed by atoms with Gasteiger partial charge in [-0.1, -0.05) is 46.6 Å². The number of carbonyl (C=O) groups is 1. The molecule has 1 aliphatic carbocycles. The molecule has 2 aliphatic rings. The number of halogens is 2. The molecule has 1 saturated carbocycles. The number of nitrogens with zero attached hydrogens (tertiary/aromatic N) is 2. The molecule has 2 fully saturated rings. The zero-order chi connectivity index (χ0) is 19.0. The number of likely N-dealkylation sites (tertiary alicyclic amines) is 1. The second-order valence-corrected chi connectivity index (χ2v) is 7.96. The van der Waals surface area contributed by atoms with Crippen LogP contribution in [-0.4, -0.2) is 34.3 Å². The zero-order valence-electron chi connectivity index (χ0n) is 14.7. The number of amides is 1. The van der Waals surface area contributed by atoms with Gasteiger partial charge in [-0.05, 0) is 43.7 Å². The van der Waals surface area contributed by atoms with Crippen LogP contribution in [0.2, 0.25) is 10.0 Å². The van der Waals surface area contributed by atoms with Gasteiger partial charge in [-0.25, -0.2) is 4.79 Å². The van der Waals surface area contributed by atoms with E-state index < -0.39 is 6.09 Å². The maximum atomic E-state index is 11.1. The topological polar surface area (TPSA) is 66.6 Å². The molecule has 1 aromatic heterocycles. The smallest absolute Gasteiger partial charge is 0.407 e. The predicted molar refractivity (Wildman–Crippen MR) is 105 cm³/mol. The molecule has 1 N–H and O–H groups in total. The van der Waals surface area contributed by atoms with Crippen molar-refractivity contribution in [3.63, 3.8) is 0 Å². The minimum Gasteiger partial charge on any atom is -0.465 e. The van der Waals surface area contributed by atoms with Gasteiger partial charge < -0.3 is 14.5 Å². The van der Waals surface area contributed by atoms with E-state index in [0.717, 1.165) is 37.0 Å². The summed E-state index contributed by atoms with van der Waals surface area (Å²) in [6.07, 6.45) is 7.19. The molecule has 0 atom stereocenters. The third-order valence-corrected chi connectivity index (χ3v) is 5.88. The summed E-state index contributed by atoms with van der Waals surface area (Å²) in [5.74, 6) is 1.62. The largest absolute Gasteiger partial charge is 0.465 e. The first-order chi connectivity index (χ1) is 13.0. The van der Waals surface area contributed by atoms with Gasteiger partial charge in [0.1, 0.15) is 11.5 Å². The van der Waals surface area contributed by atoms with Crippen molar-refractivity contribution in [3.8, 4) is 11.3 Å². The van der Waals surface area contributed by atoms with Gasteiger partial charge in [-0.3, -0.25) is 0 Å². The Morgan fingerprint density at radius 2 is 1.85 bits per heavy atom. The average molecular weight is 407 g/mol. The van der Waals surface area contributed by atoms with E-state index >= 15 is 0 Å². The number of benzene rings is 1. The lowest BCUT2D eigenvalue weighted by Gasteiger charge is -2.28. The molecule has 5 nitrogen and oxygen atoms in total.